The summed E-state index contributed by atoms with van der Waals surface area (Å²) < 4.78 is 0. The van der Waals surface area contributed by atoms with Crippen molar-refractivity contribution in [1.82, 2.24) is 0 Å². The van der Waals surface area contributed by atoms with Crippen LogP contribution >= 0.6 is 23.2 Å². The van der Waals surface area contributed by atoms with E-state index in [0.29, 0.717) is 30.0 Å². The first-order valence-electron chi connectivity index (χ1n) is 9.83. The van der Waals surface area contributed by atoms with E-state index in [1.165, 1.54) is 18.4 Å². The van der Waals surface area contributed by atoms with Crippen LogP contribution in [0, 0.1) is 34.5 Å². The monoisotopic (exact) mass is 382 g/mol. The maximum Gasteiger partial charge on any atom is 0.169 e. The smallest absolute Gasteiger partial charge is 0.169 e. The van der Waals surface area contributed by atoms with Crippen molar-refractivity contribution in [2.75, 3.05) is 0 Å². The lowest BCUT2D eigenvalue weighted by atomic mass is 9.46. The molecule has 6 atom stereocenters. The first-order chi connectivity index (χ1) is 11.8. The number of Topliss-reactive ketones (excluding diaryl/α,β-unsaturated/α-hetero) is 1. The highest BCUT2D eigenvalue weighted by molar-refractivity contribution is 6.54. The van der Waals surface area contributed by atoms with Gasteiger partial charge in [-0.25, -0.2) is 0 Å². The zero-order chi connectivity index (χ0) is 18.0. The van der Waals surface area contributed by atoms with Gasteiger partial charge in [-0.05, 0) is 79.6 Å². The van der Waals surface area contributed by atoms with Crippen molar-refractivity contribution >= 4 is 34.8 Å². The van der Waals surface area contributed by atoms with Gasteiger partial charge < -0.3 is 0 Å². The average Bonchev–Trinajstić information content (AvgIpc) is 2.92. The van der Waals surface area contributed by atoms with Gasteiger partial charge in [-0.15, -0.1) is 0 Å². The van der Waals surface area contributed by atoms with Crippen LogP contribution in [-0.4, -0.2) is 16.4 Å². The Morgan fingerprint density at radius 2 is 1.84 bits per heavy atom. The minimum atomic E-state index is -0.888. The molecule has 0 aliphatic heterocycles. The van der Waals surface area contributed by atoms with Crippen LogP contribution in [0.1, 0.15) is 65.2 Å². The zero-order valence-corrected chi connectivity index (χ0v) is 16.7. The van der Waals surface area contributed by atoms with Crippen molar-refractivity contribution in [3.8, 4) is 0 Å². The Balaban J connectivity index is 1.64. The second-order valence-electron chi connectivity index (χ2n) is 9.35. The predicted molar refractivity (Wildman–Crippen MR) is 101 cm³/mol. The fraction of sp³-hybridized carbons (Fsp3) is 0.810. The number of allylic oxidation sites excluding steroid dienone is 1. The first-order valence-corrected chi connectivity index (χ1v) is 10.7. The van der Waals surface area contributed by atoms with Crippen LogP contribution in [0.25, 0.3) is 0 Å². The molecule has 0 spiro atoms. The minimum Gasteiger partial charge on any atom is -0.296 e. The summed E-state index contributed by atoms with van der Waals surface area (Å²) in [4.78, 5) is 23.6. The molecule has 0 aromatic rings. The lowest BCUT2D eigenvalue weighted by Gasteiger charge is -2.58. The van der Waals surface area contributed by atoms with Crippen LogP contribution in [0.3, 0.4) is 0 Å². The van der Waals surface area contributed by atoms with Gasteiger partial charge in [0.1, 0.15) is 0 Å². The van der Waals surface area contributed by atoms with E-state index in [9.17, 15) is 9.59 Å². The van der Waals surface area contributed by atoms with E-state index < -0.39 is 4.84 Å². The summed E-state index contributed by atoms with van der Waals surface area (Å²) in [5.74, 6) is 2.32. The molecule has 4 rings (SSSR count). The average molecular weight is 383 g/mol. The molecule has 0 saturated heterocycles. The Morgan fingerprint density at radius 1 is 1.08 bits per heavy atom. The number of hydrogen-bond donors (Lipinski definition) is 0. The molecule has 4 aliphatic carbocycles. The minimum absolute atomic E-state index is 0.0242. The number of hydrogen-bond acceptors (Lipinski definition) is 2. The third-order valence-corrected chi connectivity index (χ3v) is 8.95. The number of rotatable bonds is 2. The van der Waals surface area contributed by atoms with Gasteiger partial charge in [0.05, 0.1) is 0 Å². The lowest BCUT2D eigenvalue weighted by Crippen LogP contribution is -2.51. The summed E-state index contributed by atoms with van der Waals surface area (Å²) in [6.45, 7) is 4.72. The zero-order valence-electron chi connectivity index (χ0n) is 15.2. The second kappa shape index (κ2) is 6.09. The van der Waals surface area contributed by atoms with E-state index in [0.717, 1.165) is 32.1 Å². The van der Waals surface area contributed by atoms with Gasteiger partial charge in [-0.1, -0.05) is 42.6 Å². The van der Waals surface area contributed by atoms with E-state index in [1.54, 1.807) is 0 Å². The van der Waals surface area contributed by atoms with Gasteiger partial charge in [-0.2, -0.15) is 0 Å². The third kappa shape index (κ3) is 2.57. The Hall–Kier alpha value is -0.340. The van der Waals surface area contributed by atoms with E-state index in [2.05, 4.69) is 13.8 Å². The summed E-state index contributed by atoms with van der Waals surface area (Å²) in [6.07, 6.45) is 10.2. The molecule has 0 unspecified atom stereocenters. The fourth-order valence-corrected chi connectivity index (χ4v) is 7.48. The van der Waals surface area contributed by atoms with Crippen molar-refractivity contribution < 1.29 is 9.59 Å². The van der Waals surface area contributed by atoms with E-state index in [1.807, 2.05) is 6.08 Å². The molecule has 0 heterocycles. The number of carbonyl (C=O) groups is 2. The van der Waals surface area contributed by atoms with Gasteiger partial charge >= 0.3 is 0 Å². The van der Waals surface area contributed by atoms with Crippen LogP contribution in [-0.2, 0) is 9.59 Å². The van der Waals surface area contributed by atoms with Gasteiger partial charge in [0.2, 0.25) is 0 Å². The summed E-state index contributed by atoms with van der Waals surface area (Å²) in [5, 5.41) is 0. The molecule has 0 aromatic heterocycles. The van der Waals surface area contributed by atoms with E-state index >= 15 is 0 Å². The highest BCUT2D eigenvalue weighted by Gasteiger charge is 2.60. The molecule has 3 fully saturated rings. The van der Waals surface area contributed by atoms with Crippen molar-refractivity contribution in [3.05, 3.63) is 11.6 Å². The van der Waals surface area contributed by atoms with Crippen LogP contribution < -0.4 is 0 Å². The molecule has 0 N–H and O–H groups in total. The molecule has 4 aliphatic rings. The van der Waals surface area contributed by atoms with E-state index in [4.69, 9.17) is 23.2 Å². The van der Waals surface area contributed by atoms with E-state index in [-0.39, 0.29) is 22.5 Å². The molecule has 0 aromatic carbocycles. The second-order valence-corrected chi connectivity index (χ2v) is 10.4. The highest BCUT2D eigenvalue weighted by Crippen LogP contribution is 2.66. The highest BCUT2D eigenvalue weighted by atomic mass is 35.5. The number of halogens is 2. The number of carbonyl (C=O) groups excluding carboxylic acids is 2. The Morgan fingerprint density at radius 3 is 2.56 bits per heavy atom. The van der Waals surface area contributed by atoms with Crippen LogP contribution in [0.2, 0.25) is 0 Å². The van der Waals surface area contributed by atoms with Crippen LogP contribution in [0.15, 0.2) is 11.6 Å². The first kappa shape index (κ1) is 18.0. The summed E-state index contributed by atoms with van der Waals surface area (Å²) in [7, 11) is 0. The Labute approximate surface area is 160 Å². The normalized spacial score (nSPS) is 46.3. The van der Waals surface area contributed by atoms with Crippen LogP contribution in [0.4, 0.5) is 0 Å². The van der Waals surface area contributed by atoms with Crippen molar-refractivity contribution in [3.63, 3.8) is 0 Å². The molecular formula is C21H28Cl2O2. The van der Waals surface area contributed by atoms with Crippen molar-refractivity contribution in [2.24, 2.45) is 34.5 Å². The molecule has 0 amide bonds. The molecule has 3 saturated carbocycles. The van der Waals surface area contributed by atoms with Crippen molar-refractivity contribution in [1.29, 1.82) is 0 Å². The molecular weight excluding hydrogens is 355 g/mol. The van der Waals surface area contributed by atoms with Gasteiger partial charge in [-0.3, -0.25) is 9.59 Å². The number of ketones is 2. The largest absolute Gasteiger partial charge is 0.296 e. The molecule has 138 valence electrons. The van der Waals surface area contributed by atoms with Gasteiger partial charge in [0.25, 0.3) is 0 Å². The quantitative estimate of drug-likeness (QED) is 0.590. The molecule has 25 heavy (non-hydrogen) atoms. The standard InChI is InChI=1S/C21H28Cl2O2/c1-20-9-7-13(24)11-12(20)3-4-14-15-5-6-17(18(25)19(22)23)21(15,2)10-8-16(14)20/h11,14-17,19H,3-10H2,1-2H3/t14-,15-,16-,17+,20-,21-/m0/s1. The predicted octanol–water partition coefficient (Wildman–Crippen LogP) is 5.51. The van der Waals surface area contributed by atoms with Crippen molar-refractivity contribution in [2.45, 2.75) is 70.1 Å². The van der Waals surface area contributed by atoms with Crippen LogP contribution in [0.5, 0.6) is 0 Å². The Bertz CT molecular complexity index is 640. The number of fused-ring (bicyclic) bond motifs is 5. The lowest BCUT2D eigenvalue weighted by molar-refractivity contribution is -0.129. The van der Waals surface area contributed by atoms with Gasteiger partial charge in [0.15, 0.2) is 16.4 Å². The summed E-state index contributed by atoms with van der Waals surface area (Å²) >= 11 is 11.9. The molecule has 4 heteroatoms. The molecule has 0 bridgehead atoms. The number of alkyl halides is 2. The SMILES string of the molecule is C[C@]12CC[C@H]3[C@@H](CCC4=CC(=O)CC[C@@]43C)[C@@H]1CC[C@@H]2C(=O)C(Cl)Cl. The third-order valence-electron chi connectivity index (χ3n) is 8.52. The topological polar surface area (TPSA) is 34.1 Å². The summed E-state index contributed by atoms with van der Waals surface area (Å²) in [6, 6.07) is 0. The summed E-state index contributed by atoms with van der Waals surface area (Å²) in [5.41, 5.74) is 1.66. The fourth-order valence-electron chi connectivity index (χ4n) is 7.18. The van der Waals surface area contributed by atoms with Gasteiger partial charge in [0, 0.05) is 12.3 Å². The maximum absolute atomic E-state index is 12.6. The molecule has 0 radical (unpaired) electrons. The maximum atomic E-state index is 12.6. The Kier molecular flexibility index (Phi) is 4.40. The molecule has 2 nitrogen and oxygen atoms in total.